The van der Waals surface area contributed by atoms with Crippen molar-refractivity contribution >= 4 is 32.8 Å². The highest BCUT2D eigenvalue weighted by Crippen LogP contribution is 2.29. The zero-order valence-electron chi connectivity index (χ0n) is 16.3. The summed E-state index contributed by atoms with van der Waals surface area (Å²) >= 11 is 1.39. The highest BCUT2D eigenvalue weighted by molar-refractivity contribution is 7.98. The molecule has 29 heavy (non-hydrogen) atoms. The van der Waals surface area contributed by atoms with Crippen LogP contribution in [0.1, 0.15) is 32.0 Å². The zero-order chi connectivity index (χ0) is 20.4. The van der Waals surface area contributed by atoms with Crippen molar-refractivity contribution < 1.29 is 12.8 Å². The van der Waals surface area contributed by atoms with Crippen molar-refractivity contribution in [2.45, 2.75) is 48.3 Å². The second kappa shape index (κ2) is 8.45. The Bertz CT molecular complexity index is 1120. The Balaban J connectivity index is 1.64. The number of sulfonamides is 1. The first-order chi connectivity index (χ1) is 14.0. The van der Waals surface area contributed by atoms with Gasteiger partial charge in [-0.3, -0.25) is 0 Å². The third kappa shape index (κ3) is 4.06. The van der Waals surface area contributed by atoms with Crippen molar-refractivity contribution in [1.29, 1.82) is 0 Å². The molecule has 2 heterocycles. The maximum absolute atomic E-state index is 13.9. The minimum Gasteiger partial charge on any atom is -0.328 e. The van der Waals surface area contributed by atoms with Gasteiger partial charge in [0, 0.05) is 24.5 Å². The van der Waals surface area contributed by atoms with Gasteiger partial charge in [-0.05, 0) is 50.1 Å². The van der Waals surface area contributed by atoms with Gasteiger partial charge in [0.25, 0.3) is 0 Å². The number of hydrogen-bond acceptors (Lipinski definition) is 4. The maximum Gasteiger partial charge on any atom is 0.243 e. The van der Waals surface area contributed by atoms with Gasteiger partial charge in [0.2, 0.25) is 10.0 Å². The molecule has 8 heteroatoms. The fourth-order valence-corrected chi connectivity index (χ4v) is 6.16. The van der Waals surface area contributed by atoms with E-state index in [1.807, 2.05) is 19.1 Å². The quantitative estimate of drug-likeness (QED) is 0.531. The molecule has 0 radical (unpaired) electrons. The fraction of sp³-hybridized carbons (Fsp3) is 0.381. The standard InChI is InChI=1S/C21H24FN3O2S2/c1-2-25-19-11-10-16(29(26,27)24-12-6-3-7-13-24)14-18(19)23-21(25)15-28-20-9-5-4-8-17(20)22/h4-5,8-11,14H,2-3,6-7,12-13,15H2,1H3. The van der Waals surface area contributed by atoms with E-state index in [1.54, 1.807) is 28.6 Å². The molecule has 0 amide bonds. The van der Waals surface area contributed by atoms with Crippen LogP contribution in [0.3, 0.4) is 0 Å². The first kappa shape index (κ1) is 20.4. The van der Waals surface area contributed by atoms with Gasteiger partial charge in [-0.15, -0.1) is 11.8 Å². The molecule has 0 unspecified atom stereocenters. The lowest BCUT2D eigenvalue weighted by molar-refractivity contribution is 0.346. The number of imidazole rings is 1. The molecule has 1 saturated heterocycles. The smallest absolute Gasteiger partial charge is 0.243 e. The molecule has 3 aromatic rings. The van der Waals surface area contributed by atoms with Crippen LogP contribution in [0, 0.1) is 5.82 Å². The van der Waals surface area contributed by atoms with E-state index < -0.39 is 10.0 Å². The average Bonchev–Trinajstić information content (AvgIpc) is 3.10. The monoisotopic (exact) mass is 433 g/mol. The molecule has 2 aromatic carbocycles. The lowest BCUT2D eigenvalue weighted by atomic mass is 10.2. The molecule has 0 saturated carbocycles. The Labute approximate surface area is 175 Å². The number of aromatic nitrogens is 2. The SMILES string of the molecule is CCn1c(CSc2ccccc2F)nc2cc(S(=O)(=O)N3CCCCC3)ccc21. The molecule has 1 aliphatic rings. The molecule has 0 atom stereocenters. The number of piperidine rings is 1. The number of hydrogen-bond donors (Lipinski definition) is 0. The summed E-state index contributed by atoms with van der Waals surface area (Å²) in [4.78, 5) is 5.56. The summed E-state index contributed by atoms with van der Waals surface area (Å²) in [5.41, 5.74) is 1.56. The molecule has 5 nitrogen and oxygen atoms in total. The van der Waals surface area contributed by atoms with Gasteiger partial charge in [-0.2, -0.15) is 4.31 Å². The molecular formula is C21H24FN3O2S2. The van der Waals surface area contributed by atoms with Crippen LogP contribution in [-0.4, -0.2) is 35.4 Å². The van der Waals surface area contributed by atoms with E-state index in [9.17, 15) is 12.8 Å². The van der Waals surface area contributed by atoms with Gasteiger partial charge >= 0.3 is 0 Å². The van der Waals surface area contributed by atoms with Crippen molar-refractivity contribution in [1.82, 2.24) is 13.9 Å². The number of halogens is 1. The summed E-state index contributed by atoms with van der Waals surface area (Å²) in [6, 6.07) is 11.9. The molecule has 4 rings (SSSR count). The summed E-state index contributed by atoms with van der Waals surface area (Å²) in [5.74, 6) is 1.08. The molecule has 154 valence electrons. The zero-order valence-corrected chi connectivity index (χ0v) is 18.0. The fourth-order valence-electron chi connectivity index (χ4n) is 3.74. The summed E-state index contributed by atoms with van der Waals surface area (Å²) in [6.45, 7) is 3.89. The van der Waals surface area contributed by atoms with Gasteiger partial charge in [0.1, 0.15) is 11.6 Å². The van der Waals surface area contributed by atoms with E-state index in [-0.39, 0.29) is 5.82 Å². The normalized spacial score (nSPS) is 15.8. The van der Waals surface area contributed by atoms with Crippen molar-refractivity contribution in [3.63, 3.8) is 0 Å². The predicted molar refractivity (Wildman–Crippen MR) is 114 cm³/mol. The van der Waals surface area contributed by atoms with Crippen LogP contribution in [0.2, 0.25) is 0 Å². The topological polar surface area (TPSA) is 55.2 Å². The lowest BCUT2D eigenvalue weighted by Gasteiger charge is -2.25. The number of aryl methyl sites for hydroxylation is 1. The average molecular weight is 434 g/mol. The number of fused-ring (bicyclic) bond motifs is 1. The van der Waals surface area contributed by atoms with E-state index in [2.05, 4.69) is 9.55 Å². The van der Waals surface area contributed by atoms with Gasteiger partial charge < -0.3 is 4.57 Å². The largest absolute Gasteiger partial charge is 0.328 e. The summed E-state index contributed by atoms with van der Waals surface area (Å²) in [7, 11) is -3.50. The second-order valence-corrected chi connectivity index (χ2v) is 10.1. The Morgan fingerprint density at radius 3 is 2.59 bits per heavy atom. The molecule has 0 spiro atoms. The second-order valence-electron chi connectivity index (χ2n) is 7.11. The van der Waals surface area contributed by atoms with E-state index in [1.165, 1.54) is 17.8 Å². The highest BCUT2D eigenvalue weighted by atomic mass is 32.2. The summed E-state index contributed by atoms with van der Waals surface area (Å²) in [6.07, 6.45) is 2.89. The van der Waals surface area contributed by atoms with Gasteiger partial charge in [0.05, 0.1) is 21.7 Å². The number of thioether (sulfide) groups is 1. The third-order valence-corrected chi connectivity index (χ3v) is 8.20. The Kier molecular flexibility index (Phi) is 5.94. The molecule has 1 fully saturated rings. The van der Waals surface area contributed by atoms with Crippen LogP contribution in [-0.2, 0) is 22.3 Å². The lowest BCUT2D eigenvalue weighted by Crippen LogP contribution is -2.35. The summed E-state index contributed by atoms with van der Waals surface area (Å²) < 4.78 is 43.5. The van der Waals surface area contributed by atoms with Crippen molar-refractivity contribution in [3.05, 3.63) is 54.1 Å². The minimum absolute atomic E-state index is 0.244. The van der Waals surface area contributed by atoms with Gasteiger partial charge in [0.15, 0.2) is 0 Å². The first-order valence-corrected chi connectivity index (χ1v) is 12.3. The Morgan fingerprint density at radius 2 is 1.86 bits per heavy atom. The van der Waals surface area contributed by atoms with Crippen LogP contribution in [0.15, 0.2) is 52.3 Å². The van der Waals surface area contributed by atoms with E-state index in [0.29, 0.717) is 40.7 Å². The third-order valence-electron chi connectivity index (χ3n) is 5.26. The van der Waals surface area contributed by atoms with E-state index >= 15 is 0 Å². The molecule has 0 bridgehead atoms. The van der Waals surface area contributed by atoms with Gasteiger partial charge in [-0.25, -0.2) is 17.8 Å². The van der Waals surface area contributed by atoms with Gasteiger partial charge in [-0.1, -0.05) is 18.6 Å². The van der Waals surface area contributed by atoms with E-state index in [4.69, 9.17) is 0 Å². The Hall–Kier alpha value is -1.90. The summed E-state index contributed by atoms with van der Waals surface area (Å²) in [5, 5.41) is 0. The van der Waals surface area contributed by atoms with Crippen LogP contribution in [0.5, 0.6) is 0 Å². The number of benzene rings is 2. The van der Waals surface area contributed by atoms with Crippen LogP contribution in [0.25, 0.3) is 11.0 Å². The van der Waals surface area contributed by atoms with E-state index in [0.717, 1.165) is 30.6 Å². The highest BCUT2D eigenvalue weighted by Gasteiger charge is 2.26. The molecular weight excluding hydrogens is 409 g/mol. The molecule has 1 aliphatic heterocycles. The molecule has 0 N–H and O–H groups in total. The molecule has 0 aliphatic carbocycles. The van der Waals surface area contributed by atoms with Crippen LogP contribution in [0.4, 0.5) is 4.39 Å². The molecule has 1 aromatic heterocycles. The number of rotatable bonds is 6. The van der Waals surface area contributed by atoms with Crippen molar-refractivity contribution in [3.8, 4) is 0 Å². The Morgan fingerprint density at radius 1 is 1.10 bits per heavy atom. The van der Waals surface area contributed by atoms with Crippen molar-refractivity contribution in [2.24, 2.45) is 0 Å². The number of nitrogens with zero attached hydrogens (tertiary/aromatic N) is 3. The van der Waals surface area contributed by atoms with Crippen molar-refractivity contribution in [2.75, 3.05) is 13.1 Å². The van der Waals surface area contributed by atoms with Crippen LogP contribution < -0.4 is 0 Å². The first-order valence-electron chi connectivity index (χ1n) is 9.87. The van der Waals surface area contributed by atoms with Crippen LogP contribution >= 0.6 is 11.8 Å². The predicted octanol–water partition coefficient (Wildman–Crippen LogP) is 4.66. The minimum atomic E-state index is -3.50. The maximum atomic E-state index is 13.9.